The molecule has 2 N–H and O–H groups in total. The Hall–Kier alpha value is -3.70. The van der Waals surface area contributed by atoms with E-state index in [4.69, 9.17) is 10.7 Å². The maximum absolute atomic E-state index is 14.0. The van der Waals surface area contributed by atoms with Crippen molar-refractivity contribution in [2.24, 2.45) is 11.1 Å². The largest absolute Gasteiger partial charge is 0.330 e. The molecule has 0 unspecified atom stereocenters. The molecule has 3 aromatic carbocycles. The van der Waals surface area contributed by atoms with Crippen molar-refractivity contribution in [1.82, 2.24) is 14.5 Å². The van der Waals surface area contributed by atoms with Gasteiger partial charge in [-0.3, -0.25) is 4.79 Å². The predicted octanol–water partition coefficient (Wildman–Crippen LogP) is 6.49. The molecule has 1 aromatic heterocycles. The monoisotopic (exact) mass is 494 g/mol. The fourth-order valence-electron chi connectivity index (χ4n) is 4.77. The van der Waals surface area contributed by atoms with Gasteiger partial charge < -0.3 is 15.2 Å². The minimum atomic E-state index is -0.275. The first-order chi connectivity index (χ1) is 17.8. The second-order valence-electron chi connectivity index (χ2n) is 10.7. The van der Waals surface area contributed by atoms with Crippen molar-refractivity contribution >= 4 is 5.91 Å². The second-order valence-corrected chi connectivity index (χ2v) is 10.7. The van der Waals surface area contributed by atoms with E-state index < -0.39 is 0 Å². The van der Waals surface area contributed by atoms with E-state index in [2.05, 4.69) is 67.9 Å². The Morgan fingerprint density at radius 3 is 2.16 bits per heavy atom. The number of hydrogen-bond acceptors (Lipinski definition) is 3. The number of nitrogens with zero attached hydrogens (tertiary/aromatic N) is 3. The molecule has 1 atom stereocenters. The van der Waals surface area contributed by atoms with Crippen LogP contribution in [0.3, 0.4) is 0 Å². The average molecular weight is 495 g/mol. The van der Waals surface area contributed by atoms with Crippen LogP contribution in [0.4, 0.5) is 0 Å². The zero-order valence-electron chi connectivity index (χ0n) is 22.4. The Balaban J connectivity index is 1.85. The Morgan fingerprint density at radius 2 is 1.57 bits per heavy atom. The molecule has 4 aromatic rings. The number of amides is 1. The van der Waals surface area contributed by atoms with Gasteiger partial charge in [0.25, 0.3) is 5.91 Å². The van der Waals surface area contributed by atoms with E-state index in [0.717, 1.165) is 29.1 Å². The summed E-state index contributed by atoms with van der Waals surface area (Å²) in [5, 5.41) is 0. The zero-order chi connectivity index (χ0) is 26.4. The molecule has 5 heteroatoms. The number of aryl methyl sites for hydroxylation is 1. The first-order valence-electron chi connectivity index (χ1n) is 13.0. The first-order valence-corrected chi connectivity index (χ1v) is 13.0. The normalized spacial score (nSPS) is 12.4. The van der Waals surface area contributed by atoms with E-state index in [1.54, 1.807) is 0 Å². The number of nitrogens with two attached hydrogens (primary N) is 1. The van der Waals surface area contributed by atoms with Crippen molar-refractivity contribution in [3.8, 4) is 11.3 Å². The summed E-state index contributed by atoms with van der Waals surface area (Å²) < 4.78 is 2.21. The molecule has 1 amide bonds. The highest BCUT2D eigenvalue weighted by Gasteiger charge is 2.38. The van der Waals surface area contributed by atoms with Crippen LogP contribution < -0.4 is 5.73 Å². The molecule has 0 bridgehead atoms. The maximum Gasteiger partial charge on any atom is 0.254 e. The van der Waals surface area contributed by atoms with Crippen LogP contribution in [0.5, 0.6) is 0 Å². The molecule has 0 radical (unpaired) electrons. The van der Waals surface area contributed by atoms with Crippen molar-refractivity contribution in [2.45, 2.75) is 46.7 Å². The van der Waals surface area contributed by atoms with Crippen LogP contribution in [0, 0.1) is 12.3 Å². The summed E-state index contributed by atoms with van der Waals surface area (Å²) in [5.74, 6) is 0.886. The van der Waals surface area contributed by atoms with Crippen LogP contribution >= 0.6 is 0 Å². The highest BCUT2D eigenvalue weighted by Crippen LogP contribution is 2.40. The Bertz CT molecular complexity index is 1290. The Kier molecular flexibility index (Phi) is 8.24. The van der Waals surface area contributed by atoms with Gasteiger partial charge in [0, 0.05) is 30.4 Å². The highest BCUT2D eigenvalue weighted by atomic mass is 16.2. The standard InChI is InChI=1S/C32H38N4O/c1-24-16-18-27(19-17-24)31(37)36(21-11-20-33)29(32(2,3)4)30-34-28(26-14-9-6-10-15-26)23-35(30)22-25-12-7-5-8-13-25/h5-10,12-19,23,29H,11,20-22,33H2,1-4H3/t29-/m0/s1. The number of hydrogen-bond donors (Lipinski definition) is 1. The molecule has 0 spiro atoms. The smallest absolute Gasteiger partial charge is 0.254 e. The van der Waals surface area contributed by atoms with Crippen molar-refractivity contribution in [3.05, 3.63) is 114 Å². The Labute approximate surface area is 221 Å². The minimum Gasteiger partial charge on any atom is -0.330 e. The van der Waals surface area contributed by atoms with Crippen LogP contribution in [-0.2, 0) is 6.54 Å². The lowest BCUT2D eigenvalue weighted by Crippen LogP contribution is -2.43. The van der Waals surface area contributed by atoms with Gasteiger partial charge in [-0.15, -0.1) is 0 Å². The van der Waals surface area contributed by atoms with Gasteiger partial charge in [-0.1, -0.05) is 99.1 Å². The summed E-state index contributed by atoms with van der Waals surface area (Å²) in [6.07, 6.45) is 2.84. The Morgan fingerprint density at radius 1 is 0.946 bits per heavy atom. The summed E-state index contributed by atoms with van der Waals surface area (Å²) in [7, 11) is 0. The van der Waals surface area contributed by atoms with Crippen LogP contribution in [0.15, 0.2) is 91.1 Å². The third-order valence-corrected chi connectivity index (χ3v) is 6.61. The molecule has 0 fully saturated rings. The van der Waals surface area contributed by atoms with Crippen molar-refractivity contribution < 1.29 is 4.79 Å². The topological polar surface area (TPSA) is 64.2 Å². The summed E-state index contributed by atoms with van der Waals surface area (Å²) in [5.41, 5.74) is 10.6. The fourth-order valence-corrected chi connectivity index (χ4v) is 4.77. The molecule has 0 saturated heterocycles. The van der Waals surface area contributed by atoms with Gasteiger partial charge in [-0.2, -0.15) is 0 Å². The van der Waals surface area contributed by atoms with Crippen molar-refractivity contribution in [2.75, 3.05) is 13.1 Å². The maximum atomic E-state index is 14.0. The SMILES string of the molecule is Cc1ccc(C(=O)N(CCCN)[C@@H](c2nc(-c3ccccc3)cn2Cc2ccccc2)C(C)(C)C)cc1. The number of carbonyl (C=O) groups excluding carboxylic acids is 1. The zero-order valence-corrected chi connectivity index (χ0v) is 22.4. The fraction of sp³-hybridized carbons (Fsp3) is 0.312. The van der Waals surface area contributed by atoms with Gasteiger partial charge in [0.2, 0.25) is 0 Å². The predicted molar refractivity (Wildman–Crippen MR) is 151 cm³/mol. The van der Waals surface area contributed by atoms with E-state index >= 15 is 0 Å². The van der Waals surface area contributed by atoms with Crippen LogP contribution in [0.1, 0.15) is 60.5 Å². The molecule has 0 aliphatic heterocycles. The van der Waals surface area contributed by atoms with E-state index in [0.29, 0.717) is 25.2 Å². The average Bonchev–Trinajstić information content (AvgIpc) is 3.29. The van der Waals surface area contributed by atoms with Crippen LogP contribution in [-0.4, -0.2) is 33.4 Å². The quantitative estimate of drug-likeness (QED) is 0.289. The number of aromatic nitrogens is 2. The van der Waals surface area contributed by atoms with E-state index in [1.807, 2.05) is 60.4 Å². The highest BCUT2D eigenvalue weighted by molar-refractivity contribution is 5.94. The molecule has 0 saturated carbocycles. The van der Waals surface area contributed by atoms with Crippen molar-refractivity contribution in [3.63, 3.8) is 0 Å². The third-order valence-electron chi connectivity index (χ3n) is 6.61. The van der Waals surface area contributed by atoms with Gasteiger partial charge in [-0.25, -0.2) is 4.98 Å². The number of rotatable bonds is 9. The lowest BCUT2D eigenvalue weighted by molar-refractivity contribution is 0.0482. The molecular weight excluding hydrogens is 456 g/mol. The van der Waals surface area contributed by atoms with Crippen molar-refractivity contribution in [1.29, 1.82) is 0 Å². The molecule has 37 heavy (non-hydrogen) atoms. The van der Waals surface area contributed by atoms with Crippen LogP contribution in [0.2, 0.25) is 0 Å². The van der Waals surface area contributed by atoms with Gasteiger partial charge in [0.1, 0.15) is 5.82 Å². The van der Waals surface area contributed by atoms with Crippen LogP contribution in [0.25, 0.3) is 11.3 Å². The minimum absolute atomic E-state index is 0.00361. The summed E-state index contributed by atoms with van der Waals surface area (Å²) in [6.45, 7) is 10.3. The first kappa shape index (κ1) is 26.4. The van der Waals surface area contributed by atoms with Gasteiger partial charge >= 0.3 is 0 Å². The molecule has 0 aliphatic carbocycles. The molecule has 1 heterocycles. The summed E-state index contributed by atoms with van der Waals surface area (Å²) in [6, 6.07) is 28.2. The lowest BCUT2D eigenvalue weighted by atomic mass is 9.84. The van der Waals surface area contributed by atoms with E-state index in [9.17, 15) is 4.79 Å². The van der Waals surface area contributed by atoms with E-state index in [1.165, 1.54) is 5.56 Å². The number of carbonyl (C=O) groups is 1. The molecule has 4 rings (SSSR count). The third kappa shape index (κ3) is 6.36. The molecular formula is C32H38N4O. The molecule has 5 nitrogen and oxygen atoms in total. The van der Waals surface area contributed by atoms with Gasteiger partial charge in [0.15, 0.2) is 0 Å². The van der Waals surface area contributed by atoms with E-state index in [-0.39, 0.29) is 17.4 Å². The summed E-state index contributed by atoms with van der Waals surface area (Å²) >= 11 is 0. The number of benzene rings is 3. The second kappa shape index (κ2) is 11.6. The lowest BCUT2D eigenvalue weighted by Gasteiger charge is -2.40. The van der Waals surface area contributed by atoms with Gasteiger partial charge in [-0.05, 0) is 43.0 Å². The summed E-state index contributed by atoms with van der Waals surface area (Å²) in [4.78, 5) is 21.2. The molecule has 0 aliphatic rings. The molecule has 192 valence electrons. The number of imidazole rings is 1. The van der Waals surface area contributed by atoms with Gasteiger partial charge in [0.05, 0.1) is 11.7 Å².